The van der Waals surface area contributed by atoms with E-state index < -0.39 is 0 Å². The zero-order chi connectivity index (χ0) is 14.7. The zero-order valence-corrected chi connectivity index (χ0v) is 12.3. The average molecular weight is 278 g/mol. The summed E-state index contributed by atoms with van der Waals surface area (Å²) in [5.74, 6) is 0.600. The Morgan fingerprint density at radius 3 is 2.85 bits per heavy atom. The van der Waals surface area contributed by atoms with E-state index in [-0.39, 0.29) is 10.6 Å². The Morgan fingerprint density at radius 2 is 2.25 bits per heavy atom. The first-order valence-electron chi connectivity index (χ1n) is 7.08. The number of nitro benzene ring substituents is 1. The third kappa shape index (κ3) is 3.28. The highest BCUT2D eigenvalue weighted by molar-refractivity contribution is 5.56. The molecule has 0 spiro atoms. The third-order valence-electron chi connectivity index (χ3n) is 3.68. The van der Waals surface area contributed by atoms with Crippen LogP contribution in [-0.4, -0.2) is 30.7 Å². The molecular weight excluding hydrogens is 256 g/mol. The Kier molecular flexibility index (Phi) is 4.60. The lowest BCUT2D eigenvalue weighted by atomic mass is 10.0. The monoisotopic (exact) mass is 278 g/mol. The minimum Gasteiger partial charge on any atom is -0.377 e. The second-order valence-corrected chi connectivity index (χ2v) is 5.78. The first-order valence-corrected chi connectivity index (χ1v) is 7.08. The predicted molar refractivity (Wildman–Crippen MR) is 79.2 cm³/mol. The smallest absolute Gasteiger partial charge is 0.272 e. The fraction of sp³-hybridized carbons (Fsp3) is 0.600. The number of nitro groups is 1. The van der Waals surface area contributed by atoms with Gasteiger partial charge in [0.1, 0.15) is 0 Å². The summed E-state index contributed by atoms with van der Waals surface area (Å²) < 4.78 is 5.58. The number of nitrogens with zero attached hydrogens (tertiary/aromatic N) is 2. The molecule has 1 aliphatic rings. The van der Waals surface area contributed by atoms with Crippen molar-refractivity contribution in [3.05, 3.63) is 33.9 Å². The molecule has 5 nitrogen and oxygen atoms in total. The molecule has 110 valence electrons. The molecule has 1 aromatic rings. The van der Waals surface area contributed by atoms with E-state index in [4.69, 9.17) is 4.74 Å². The van der Waals surface area contributed by atoms with Crippen LogP contribution < -0.4 is 4.90 Å². The van der Waals surface area contributed by atoms with E-state index in [1.807, 2.05) is 12.1 Å². The molecule has 0 bridgehead atoms. The Hall–Kier alpha value is -1.62. The normalized spacial score (nSPS) is 19.4. The maximum absolute atomic E-state index is 10.9. The van der Waals surface area contributed by atoms with Crippen LogP contribution in [-0.2, 0) is 4.74 Å². The van der Waals surface area contributed by atoms with Gasteiger partial charge in [-0.1, -0.05) is 13.8 Å². The predicted octanol–water partition coefficient (Wildman–Crippen LogP) is 3.15. The zero-order valence-electron chi connectivity index (χ0n) is 12.3. The quantitative estimate of drug-likeness (QED) is 0.627. The van der Waals surface area contributed by atoms with Gasteiger partial charge in [-0.3, -0.25) is 10.1 Å². The fourth-order valence-electron chi connectivity index (χ4n) is 2.76. The van der Waals surface area contributed by atoms with Crippen molar-refractivity contribution in [3.63, 3.8) is 0 Å². The lowest BCUT2D eigenvalue weighted by molar-refractivity contribution is -0.385. The molecule has 0 radical (unpaired) electrons. The highest BCUT2D eigenvalue weighted by Gasteiger charge is 2.25. The van der Waals surface area contributed by atoms with E-state index in [0.717, 1.165) is 25.3 Å². The number of ether oxygens (including phenoxy) is 1. The molecule has 0 aliphatic carbocycles. The van der Waals surface area contributed by atoms with Crippen LogP contribution in [0.25, 0.3) is 0 Å². The molecule has 20 heavy (non-hydrogen) atoms. The van der Waals surface area contributed by atoms with Crippen molar-refractivity contribution in [1.29, 1.82) is 0 Å². The van der Waals surface area contributed by atoms with Gasteiger partial charge in [0.15, 0.2) is 0 Å². The highest BCUT2D eigenvalue weighted by Crippen LogP contribution is 2.28. The van der Waals surface area contributed by atoms with Gasteiger partial charge in [0.25, 0.3) is 5.69 Å². The number of benzene rings is 1. The molecule has 2 rings (SSSR count). The average Bonchev–Trinajstić information content (AvgIpc) is 2.38. The van der Waals surface area contributed by atoms with Crippen LogP contribution in [0.15, 0.2) is 18.2 Å². The van der Waals surface area contributed by atoms with Gasteiger partial charge < -0.3 is 9.64 Å². The van der Waals surface area contributed by atoms with Gasteiger partial charge in [-0.15, -0.1) is 0 Å². The molecule has 0 N–H and O–H groups in total. The Bertz CT molecular complexity index is 488. The fourth-order valence-corrected chi connectivity index (χ4v) is 2.76. The van der Waals surface area contributed by atoms with Crippen LogP contribution in [0.3, 0.4) is 0 Å². The van der Waals surface area contributed by atoms with Crippen LogP contribution in [0.5, 0.6) is 0 Å². The van der Waals surface area contributed by atoms with Gasteiger partial charge in [0.05, 0.1) is 24.2 Å². The van der Waals surface area contributed by atoms with Gasteiger partial charge in [-0.2, -0.15) is 0 Å². The molecule has 5 heteroatoms. The van der Waals surface area contributed by atoms with Crippen LogP contribution in [0.1, 0.15) is 25.8 Å². The van der Waals surface area contributed by atoms with Gasteiger partial charge in [-0.25, -0.2) is 0 Å². The SMILES string of the molecule is Cc1cc(N2CCOCC2CC(C)C)ccc1[N+](=O)[O-]. The van der Waals surface area contributed by atoms with Crippen LogP contribution in [0.4, 0.5) is 11.4 Å². The number of morpholine rings is 1. The summed E-state index contributed by atoms with van der Waals surface area (Å²) in [6.45, 7) is 8.48. The summed E-state index contributed by atoms with van der Waals surface area (Å²) in [6, 6.07) is 5.72. The van der Waals surface area contributed by atoms with Crippen molar-refractivity contribution in [3.8, 4) is 0 Å². The number of aryl methyl sites for hydroxylation is 1. The van der Waals surface area contributed by atoms with Crippen molar-refractivity contribution in [2.75, 3.05) is 24.7 Å². The second-order valence-electron chi connectivity index (χ2n) is 5.78. The molecule has 1 unspecified atom stereocenters. The van der Waals surface area contributed by atoms with Crippen LogP contribution >= 0.6 is 0 Å². The molecule has 1 heterocycles. The third-order valence-corrected chi connectivity index (χ3v) is 3.68. The second kappa shape index (κ2) is 6.22. The van der Waals surface area contributed by atoms with E-state index in [1.165, 1.54) is 0 Å². The minimum atomic E-state index is -0.329. The molecule has 1 atom stereocenters. The largest absolute Gasteiger partial charge is 0.377 e. The Labute approximate surface area is 119 Å². The summed E-state index contributed by atoms with van der Waals surface area (Å²) in [6.07, 6.45) is 1.07. The molecule has 1 aromatic carbocycles. The summed E-state index contributed by atoms with van der Waals surface area (Å²) in [7, 11) is 0. The van der Waals surface area contributed by atoms with Crippen molar-refractivity contribution < 1.29 is 9.66 Å². The molecule has 0 saturated carbocycles. The van der Waals surface area contributed by atoms with Gasteiger partial charge in [0.2, 0.25) is 0 Å². The molecule has 1 aliphatic heterocycles. The number of hydrogen-bond donors (Lipinski definition) is 0. The molecule has 1 saturated heterocycles. The first-order chi connectivity index (χ1) is 9.49. The standard InChI is InChI=1S/C15H22N2O3/c1-11(2)8-14-10-20-7-6-16(14)13-4-5-15(17(18)19)12(3)9-13/h4-5,9,11,14H,6-8,10H2,1-3H3. The van der Waals surface area contributed by atoms with Crippen molar-refractivity contribution in [2.24, 2.45) is 5.92 Å². The van der Waals surface area contributed by atoms with Crippen molar-refractivity contribution in [1.82, 2.24) is 0 Å². The summed E-state index contributed by atoms with van der Waals surface area (Å²) in [4.78, 5) is 12.9. The number of rotatable bonds is 4. The Morgan fingerprint density at radius 1 is 1.50 bits per heavy atom. The molecule has 0 amide bonds. The lowest BCUT2D eigenvalue weighted by Gasteiger charge is -2.38. The summed E-state index contributed by atoms with van der Waals surface area (Å²) >= 11 is 0. The van der Waals surface area contributed by atoms with E-state index in [9.17, 15) is 10.1 Å². The van der Waals surface area contributed by atoms with E-state index in [0.29, 0.717) is 24.1 Å². The van der Waals surface area contributed by atoms with Gasteiger partial charge >= 0.3 is 0 Å². The Balaban J connectivity index is 2.23. The number of anilines is 1. The minimum absolute atomic E-state index is 0.183. The van der Waals surface area contributed by atoms with Crippen molar-refractivity contribution >= 4 is 11.4 Å². The first kappa shape index (κ1) is 14.8. The van der Waals surface area contributed by atoms with E-state index in [2.05, 4.69) is 18.7 Å². The van der Waals surface area contributed by atoms with Crippen molar-refractivity contribution in [2.45, 2.75) is 33.2 Å². The van der Waals surface area contributed by atoms with Gasteiger partial charge in [-0.05, 0) is 31.4 Å². The highest BCUT2D eigenvalue weighted by atomic mass is 16.6. The summed E-state index contributed by atoms with van der Waals surface area (Å²) in [5, 5.41) is 10.9. The van der Waals surface area contributed by atoms with E-state index >= 15 is 0 Å². The molecule has 0 aromatic heterocycles. The molecule has 1 fully saturated rings. The number of hydrogen-bond acceptors (Lipinski definition) is 4. The maximum atomic E-state index is 10.9. The summed E-state index contributed by atoms with van der Waals surface area (Å²) in [5.41, 5.74) is 1.95. The topological polar surface area (TPSA) is 55.6 Å². The van der Waals surface area contributed by atoms with Crippen LogP contribution in [0.2, 0.25) is 0 Å². The van der Waals surface area contributed by atoms with E-state index in [1.54, 1.807) is 13.0 Å². The lowest BCUT2D eigenvalue weighted by Crippen LogP contribution is -2.46. The van der Waals surface area contributed by atoms with Crippen LogP contribution in [0, 0.1) is 23.0 Å². The molecular formula is C15H22N2O3. The van der Waals surface area contributed by atoms with Gasteiger partial charge in [0, 0.05) is 23.9 Å². The maximum Gasteiger partial charge on any atom is 0.272 e.